The summed E-state index contributed by atoms with van der Waals surface area (Å²) >= 11 is 0. The summed E-state index contributed by atoms with van der Waals surface area (Å²) in [5, 5.41) is 0. The van der Waals surface area contributed by atoms with Crippen LogP contribution in [0.3, 0.4) is 0 Å². The van der Waals surface area contributed by atoms with Crippen LogP contribution in [0.1, 0.15) is 57.9 Å². The lowest BCUT2D eigenvalue weighted by molar-refractivity contribution is -0.142. The van der Waals surface area contributed by atoms with Crippen LogP contribution in [-0.2, 0) is 9.59 Å². The number of nitrogens with zero attached hydrogens (tertiary/aromatic N) is 2. The van der Waals surface area contributed by atoms with Gasteiger partial charge in [0.25, 0.3) is 5.91 Å². The first-order valence-electron chi connectivity index (χ1n) is 10.7. The number of piperidine rings is 2. The largest absolute Gasteiger partial charge is 0.484 e. The van der Waals surface area contributed by atoms with Crippen LogP contribution in [0, 0.1) is 11.8 Å². The second-order valence-electron chi connectivity index (χ2n) is 8.70. The van der Waals surface area contributed by atoms with Crippen molar-refractivity contribution >= 4 is 11.8 Å². The molecule has 0 aromatic heterocycles. The Balaban J connectivity index is 1.42. The number of amides is 2. The minimum absolute atomic E-state index is 0.00503. The molecule has 0 aliphatic carbocycles. The second-order valence-corrected chi connectivity index (χ2v) is 8.70. The highest BCUT2D eigenvalue weighted by atomic mass is 16.5. The predicted molar refractivity (Wildman–Crippen MR) is 110 cm³/mol. The van der Waals surface area contributed by atoms with E-state index < -0.39 is 0 Å². The molecule has 154 valence electrons. The van der Waals surface area contributed by atoms with E-state index in [0.29, 0.717) is 30.8 Å². The number of likely N-dealkylation sites (tertiary alicyclic amines) is 2. The van der Waals surface area contributed by atoms with Gasteiger partial charge in [-0.15, -0.1) is 0 Å². The van der Waals surface area contributed by atoms with Crippen molar-refractivity contribution in [1.82, 2.24) is 9.80 Å². The monoisotopic (exact) mass is 386 g/mol. The summed E-state index contributed by atoms with van der Waals surface area (Å²) in [5.74, 6) is 2.17. The van der Waals surface area contributed by atoms with Gasteiger partial charge in [0.1, 0.15) is 5.75 Å². The molecule has 0 saturated carbocycles. The summed E-state index contributed by atoms with van der Waals surface area (Å²) in [6, 6.07) is 7.94. The first-order chi connectivity index (χ1) is 13.4. The molecule has 2 fully saturated rings. The highest BCUT2D eigenvalue weighted by Gasteiger charge is 2.31. The minimum atomic E-state index is 0.00503. The zero-order chi connectivity index (χ0) is 20.1. The van der Waals surface area contributed by atoms with E-state index in [1.165, 1.54) is 12.0 Å². The Bertz CT molecular complexity index is 663. The smallest absolute Gasteiger partial charge is 0.260 e. The van der Waals surface area contributed by atoms with Crippen molar-refractivity contribution in [3.63, 3.8) is 0 Å². The van der Waals surface area contributed by atoms with Crippen molar-refractivity contribution in [3.8, 4) is 5.75 Å². The predicted octanol–water partition coefficient (Wildman–Crippen LogP) is 3.69. The maximum Gasteiger partial charge on any atom is 0.260 e. The van der Waals surface area contributed by atoms with Gasteiger partial charge in [-0.3, -0.25) is 9.59 Å². The Hall–Kier alpha value is -2.04. The van der Waals surface area contributed by atoms with Gasteiger partial charge in [0.15, 0.2) is 6.61 Å². The lowest BCUT2D eigenvalue weighted by atomic mass is 9.93. The van der Waals surface area contributed by atoms with E-state index in [4.69, 9.17) is 4.74 Å². The van der Waals surface area contributed by atoms with E-state index in [1.807, 2.05) is 34.1 Å². The average Bonchev–Trinajstić information content (AvgIpc) is 2.72. The Morgan fingerprint density at radius 1 is 1.04 bits per heavy atom. The zero-order valence-corrected chi connectivity index (χ0v) is 17.5. The van der Waals surface area contributed by atoms with Crippen LogP contribution in [0.5, 0.6) is 5.75 Å². The van der Waals surface area contributed by atoms with Crippen LogP contribution >= 0.6 is 0 Å². The van der Waals surface area contributed by atoms with Crippen LogP contribution < -0.4 is 4.74 Å². The molecule has 2 aliphatic heterocycles. The SMILES string of the molecule is CC1CCCN(C(=O)C2CCN(C(=O)COc3ccc(C(C)C)cc3)CC2)C1. The summed E-state index contributed by atoms with van der Waals surface area (Å²) in [4.78, 5) is 29.1. The fourth-order valence-electron chi connectivity index (χ4n) is 4.21. The quantitative estimate of drug-likeness (QED) is 0.776. The molecular weight excluding hydrogens is 352 g/mol. The Labute approximate surface area is 169 Å². The van der Waals surface area contributed by atoms with Crippen molar-refractivity contribution in [1.29, 1.82) is 0 Å². The van der Waals surface area contributed by atoms with Gasteiger partial charge in [0, 0.05) is 32.1 Å². The first kappa shape index (κ1) is 20.7. The van der Waals surface area contributed by atoms with E-state index in [9.17, 15) is 9.59 Å². The fourth-order valence-corrected chi connectivity index (χ4v) is 4.21. The molecule has 0 radical (unpaired) electrons. The molecule has 2 saturated heterocycles. The van der Waals surface area contributed by atoms with Gasteiger partial charge >= 0.3 is 0 Å². The molecule has 1 aromatic carbocycles. The van der Waals surface area contributed by atoms with Gasteiger partial charge in [-0.1, -0.05) is 32.9 Å². The molecule has 1 atom stereocenters. The van der Waals surface area contributed by atoms with Crippen molar-refractivity contribution in [2.24, 2.45) is 11.8 Å². The third kappa shape index (κ3) is 5.27. The molecule has 0 spiro atoms. The molecule has 2 heterocycles. The number of carbonyl (C=O) groups is 2. The molecule has 0 N–H and O–H groups in total. The van der Waals surface area contributed by atoms with E-state index in [0.717, 1.165) is 38.1 Å². The van der Waals surface area contributed by atoms with E-state index >= 15 is 0 Å². The average molecular weight is 387 g/mol. The highest BCUT2D eigenvalue weighted by Crippen LogP contribution is 2.24. The van der Waals surface area contributed by atoms with Crippen molar-refractivity contribution in [2.75, 3.05) is 32.8 Å². The van der Waals surface area contributed by atoms with Crippen LogP contribution in [0.15, 0.2) is 24.3 Å². The topological polar surface area (TPSA) is 49.9 Å². The maximum absolute atomic E-state index is 12.8. The summed E-state index contributed by atoms with van der Waals surface area (Å²) in [5.41, 5.74) is 1.26. The molecular formula is C23H34N2O3. The zero-order valence-electron chi connectivity index (χ0n) is 17.5. The summed E-state index contributed by atoms with van der Waals surface area (Å²) < 4.78 is 5.67. The summed E-state index contributed by atoms with van der Waals surface area (Å²) in [7, 11) is 0. The molecule has 2 amide bonds. The maximum atomic E-state index is 12.8. The lowest BCUT2D eigenvalue weighted by Crippen LogP contribution is -2.47. The van der Waals surface area contributed by atoms with Gasteiger partial charge in [0.2, 0.25) is 5.91 Å². The first-order valence-corrected chi connectivity index (χ1v) is 10.7. The van der Waals surface area contributed by atoms with Gasteiger partial charge in [-0.25, -0.2) is 0 Å². The summed E-state index contributed by atoms with van der Waals surface area (Å²) in [6.45, 7) is 9.66. The van der Waals surface area contributed by atoms with Crippen LogP contribution in [0.2, 0.25) is 0 Å². The molecule has 5 heteroatoms. The fraction of sp³-hybridized carbons (Fsp3) is 0.652. The minimum Gasteiger partial charge on any atom is -0.484 e. The van der Waals surface area contributed by atoms with Crippen LogP contribution in [0.25, 0.3) is 0 Å². The van der Waals surface area contributed by atoms with Crippen molar-refractivity contribution in [2.45, 2.75) is 52.4 Å². The van der Waals surface area contributed by atoms with E-state index in [-0.39, 0.29) is 18.4 Å². The third-order valence-corrected chi connectivity index (χ3v) is 6.07. The molecule has 1 aromatic rings. The number of rotatable bonds is 5. The molecule has 3 rings (SSSR count). The van der Waals surface area contributed by atoms with Gasteiger partial charge < -0.3 is 14.5 Å². The Morgan fingerprint density at radius 2 is 1.71 bits per heavy atom. The van der Waals surface area contributed by atoms with Gasteiger partial charge in [-0.2, -0.15) is 0 Å². The van der Waals surface area contributed by atoms with Gasteiger partial charge in [0.05, 0.1) is 0 Å². The van der Waals surface area contributed by atoms with Crippen molar-refractivity contribution < 1.29 is 14.3 Å². The lowest BCUT2D eigenvalue weighted by Gasteiger charge is -2.37. The number of ether oxygens (including phenoxy) is 1. The Morgan fingerprint density at radius 3 is 2.32 bits per heavy atom. The molecule has 28 heavy (non-hydrogen) atoms. The normalized spacial score (nSPS) is 21.1. The highest BCUT2D eigenvalue weighted by molar-refractivity contribution is 5.80. The molecule has 5 nitrogen and oxygen atoms in total. The second kappa shape index (κ2) is 9.44. The molecule has 2 aliphatic rings. The molecule has 0 bridgehead atoms. The van der Waals surface area contributed by atoms with Crippen molar-refractivity contribution in [3.05, 3.63) is 29.8 Å². The van der Waals surface area contributed by atoms with Gasteiger partial charge in [-0.05, 0) is 55.2 Å². The number of carbonyl (C=O) groups excluding carboxylic acids is 2. The number of hydrogen-bond donors (Lipinski definition) is 0. The third-order valence-electron chi connectivity index (χ3n) is 6.07. The Kier molecular flexibility index (Phi) is 6.97. The summed E-state index contributed by atoms with van der Waals surface area (Å²) in [6.07, 6.45) is 3.85. The number of hydrogen-bond acceptors (Lipinski definition) is 3. The van der Waals surface area contributed by atoms with E-state index in [1.54, 1.807) is 0 Å². The van der Waals surface area contributed by atoms with E-state index in [2.05, 4.69) is 20.8 Å². The molecule has 1 unspecified atom stereocenters. The van der Waals surface area contributed by atoms with Crippen LogP contribution in [-0.4, -0.2) is 54.4 Å². The van der Waals surface area contributed by atoms with Crippen LogP contribution in [0.4, 0.5) is 0 Å². The standard InChI is InChI=1S/C23H34N2O3/c1-17(2)19-6-8-21(9-7-19)28-16-22(26)24-13-10-20(11-14-24)23(27)25-12-4-5-18(3)15-25/h6-9,17-18,20H,4-5,10-16H2,1-3H3. The number of benzene rings is 1.